The zero-order chi connectivity index (χ0) is 17.9. The van der Waals surface area contributed by atoms with Crippen LogP contribution in [0.1, 0.15) is 38.0 Å². The number of aryl methyl sites for hydroxylation is 1. The number of halogens is 1. The van der Waals surface area contributed by atoms with Gasteiger partial charge in [0.2, 0.25) is 17.6 Å². The quantitative estimate of drug-likeness (QED) is 0.870. The average Bonchev–Trinajstić information content (AvgIpc) is 3.22. The van der Waals surface area contributed by atoms with Crippen molar-refractivity contribution in [2.45, 2.75) is 50.6 Å². The zero-order valence-electron chi connectivity index (χ0n) is 14.7. The molecule has 0 aliphatic carbocycles. The average molecular weight is 375 g/mol. The number of aromatic nitrogens is 2. The lowest BCUT2D eigenvalue weighted by molar-refractivity contribution is -0.131. The smallest absolute Gasteiger partial charge is 0.226 e. The van der Waals surface area contributed by atoms with E-state index in [0.717, 1.165) is 31.5 Å². The van der Waals surface area contributed by atoms with Crippen LogP contribution >= 0.6 is 11.6 Å². The third-order valence-corrected chi connectivity index (χ3v) is 5.48. The van der Waals surface area contributed by atoms with Gasteiger partial charge >= 0.3 is 0 Å². The number of carbonyl (C=O) groups is 1. The number of carbonyl (C=O) groups excluding carboxylic acids is 1. The maximum absolute atomic E-state index is 12.5. The Balaban J connectivity index is 1.27. The molecule has 0 spiro atoms. The number of hydrogen-bond donors (Lipinski definition) is 1. The highest BCUT2D eigenvalue weighted by molar-refractivity contribution is 6.30. The molecule has 3 heterocycles. The molecule has 6 nitrogen and oxygen atoms in total. The molecular formula is C19H23ClN4O2. The highest BCUT2D eigenvalue weighted by atomic mass is 35.5. The molecule has 138 valence electrons. The lowest BCUT2D eigenvalue weighted by Crippen LogP contribution is -2.38. The van der Waals surface area contributed by atoms with Crippen LogP contribution in [0.5, 0.6) is 0 Å². The van der Waals surface area contributed by atoms with Gasteiger partial charge < -0.3 is 14.7 Å². The van der Waals surface area contributed by atoms with Gasteiger partial charge in [0.05, 0.1) is 0 Å². The van der Waals surface area contributed by atoms with Gasteiger partial charge in [-0.1, -0.05) is 16.8 Å². The van der Waals surface area contributed by atoms with E-state index in [2.05, 4.69) is 15.5 Å². The Morgan fingerprint density at radius 2 is 2.04 bits per heavy atom. The number of benzene rings is 1. The molecule has 2 atom stereocenters. The van der Waals surface area contributed by atoms with Gasteiger partial charge in [-0.05, 0) is 49.9 Å². The van der Waals surface area contributed by atoms with Crippen LogP contribution in [-0.4, -0.2) is 46.1 Å². The van der Waals surface area contributed by atoms with Crippen LogP contribution in [0.2, 0.25) is 5.02 Å². The van der Waals surface area contributed by atoms with Crippen molar-refractivity contribution in [3.63, 3.8) is 0 Å². The predicted molar refractivity (Wildman–Crippen MR) is 98.8 cm³/mol. The van der Waals surface area contributed by atoms with Gasteiger partial charge in [0.1, 0.15) is 0 Å². The van der Waals surface area contributed by atoms with Crippen molar-refractivity contribution in [1.29, 1.82) is 0 Å². The molecule has 1 N–H and O–H groups in total. The summed E-state index contributed by atoms with van der Waals surface area (Å²) in [5.74, 6) is 1.36. The zero-order valence-corrected chi connectivity index (χ0v) is 15.4. The van der Waals surface area contributed by atoms with Gasteiger partial charge in [0.25, 0.3) is 0 Å². The van der Waals surface area contributed by atoms with Crippen LogP contribution in [0, 0.1) is 0 Å². The molecule has 2 aromatic rings. The lowest BCUT2D eigenvalue weighted by Gasteiger charge is -2.24. The van der Waals surface area contributed by atoms with E-state index >= 15 is 0 Å². The molecule has 2 unspecified atom stereocenters. The number of hydrogen-bond acceptors (Lipinski definition) is 5. The van der Waals surface area contributed by atoms with E-state index in [0.29, 0.717) is 41.7 Å². The van der Waals surface area contributed by atoms with Gasteiger partial charge in [-0.3, -0.25) is 4.79 Å². The van der Waals surface area contributed by atoms with E-state index in [4.69, 9.17) is 16.1 Å². The van der Waals surface area contributed by atoms with Crippen LogP contribution < -0.4 is 5.32 Å². The van der Waals surface area contributed by atoms with Crippen LogP contribution in [0.15, 0.2) is 28.8 Å². The molecule has 0 radical (unpaired) electrons. The van der Waals surface area contributed by atoms with E-state index in [1.54, 1.807) is 12.1 Å². The number of amides is 1. The van der Waals surface area contributed by atoms with Crippen LogP contribution in [0.3, 0.4) is 0 Å². The first-order valence-electron chi connectivity index (χ1n) is 9.30. The minimum Gasteiger partial charge on any atom is -0.341 e. The second-order valence-corrected chi connectivity index (χ2v) is 7.57. The fourth-order valence-corrected chi connectivity index (χ4v) is 3.92. The molecule has 1 aromatic heterocycles. The highest BCUT2D eigenvalue weighted by Gasteiger charge is 2.30. The van der Waals surface area contributed by atoms with Crippen molar-refractivity contribution in [2.75, 3.05) is 13.1 Å². The van der Waals surface area contributed by atoms with Gasteiger partial charge in [-0.2, -0.15) is 4.98 Å². The van der Waals surface area contributed by atoms with Gasteiger partial charge in [0, 0.05) is 48.6 Å². The first kappa shape index (κ1) is 17.5. The van der Waals surface area contributed by atoms with Crippen molar-refractivity contribution in [1.82, 2.24) is 20.4 Å². The molecule has 2 bridgehead atoms. The van der Waals surface area contributed by atoms with Gasteiger partial charge in [0.15, 0.2) is 0 Å². The predicted octanol–water partition coefficient (Wildman–Crippen LogP) is 3.07. The molecule has 2 aliphatic heterocycles. The first-order valence-corrected chi connectivity index (χ1v) is 9.67. The van der Waals surface area contributed by atoms with E-state index in [-0.39, 0.29) is 5.91 Å². The van der Waals surface area contributed by atoms with Crippen molar-refractivity contribution < 1.29 is 9.32 Å². The topological polar surface area (TPSA) is 71.3 Å². The number of nitrogens with one attached hydrogen (secondary N) is 1. The summed E-state index contributed by atoms with van der Waals surface area (Å²) in [4.78, 5) is 18.9. The summed E-state index contributed by atoms with van der Waals surface area (Å²) in [6.45, 7) is 1.71. The second kappa shape index (κ2) is 7.76. The van der Waals surface area contributed by atoms with Crippen LogP contribution in [0.25, 0.3) is 11.4 Å². The molecule has 2 saturated heterocycles. The Kier molecular flexibility index (Phi) is 5.22. The largest absolute Gasteiger partial charge is 0.341 e. The van der Waals surface area contributed by atoms with E-state index in [1.165, 1.54) is 12.8 Å². The minimum absolute atomic E-state index is 0.233. The maximum Gasteiger partial charge on any atom is 0.226 e. The molecule has 2 fully saturated rings. The molecule has 4 rings (SSSR count). The SMILES string of the molecule is O=C(CCCc1nc(-c2ccc(Cl)cc2)no1)N1CCC2CCC(C1)N2. The van der Waals surface area contributed by atoms with Crippen LogP contribution in [0.4, 0.5) is 0 Å². The summed E-state index contributed by atoms with van der Waals surface area (Å²) in [6.07, 6.45) is 5.36. The molecule has 7 heteroatoms. The first-order chi connectivity index (χ1) is 12.7. The summed E-state index contributed by atoms with van der Waals surface area (Å²) in [5, 5.41) is 8.29. The fraction of sp³-hybridized carbons (Fsp3) is 0.526. The number of likely N-dealkylation sites (tertiary alicyclic amines) is 1. The third kappa shape index (κ3) is 4.07. The van der Waals surface area contributed by atoms with Crippen molar-refractivity contribution >= 4 is 17.5 Å². The minimum atomic E-state index is 0.233. The summed E-state index contributed by atoms with van der Waals surface area (Å²) in [6, 6.07) is 8.40. The van der Waals surface area contributed by atoms with E-state index < -0.39 is 0 Å². The van der Waals surface area contributed by atoms with Gasteiger partial charge in [-0.15, -0.1) is 0 Å². The standard InChI is InChI=1S/C19H23ClN4O2/c20-14-6-4-13(5-7-14)19-22-17(26-23-19)2-1-3-18(25)24-11-10-15-8-9-16(12-24)21-15/h4-7,15-16,21H,1-3,8-12H2. The maximum atomic E-state index is 12.5. The summed E-state index contributed by atoms with van der Waals surface area (Å²) in [7, 11) is 0. The normalized spacial score (nSPS) is 22.4. The number of nitrogens with zero attached hydrogens (tertiary/aromatic N) is 3. The molecule has 2 aliphatic rings. The Labute approximate surface area is 157 Å². The van der Waals surface area contributed by atoms with Crippen molar-refractivity contribution in [3.8, 4) is 11.4 Å². The van der Waals surface area contributed by atoms with E-state index in [1.807, 2.05) is 17.0 Å². The monoisotopic (exact) mass is 374 g/mol. The van der Waals surface area contributed by atoms with E-state index in [9.17, 15) is 4.79 Å². The fourth-order valence-electron chi connectivity index (χ4n) is 3.79. The molecule has 26 heavy (non-hydrogen) atoms. The Morgan fingerprint density at radius 3 is 2.88 bits per heavy atom. The Morgan fingerprint density at radius 1 is 1.23 bits per heavy atom. The highest BCUT2D eigenvalue weighted by Crippen LogP contribution is 2.22. The molecule has 0 saturated carbocycles. The lowest BCUT2D eigenvalue weighted by atomic mass is 10.1. The Bertz CT molecular complexity index is 761. The number of fused-ring (bicyclic) bond motifs is 2. The summed E-state index contributed by atoms with van der Waals surface area (Å²) >= 11 is 5.89. The van der Waals surface area contributed by atoms with Crippen molar-refractivity contribution in [3.05, 3.63) is 35.2 Å². The van der Waals surface area contributed by atoms with Crippen LogP contribution in [-0.2, 0) is 11.2 Å². The summed E-state index contributed by atoms with van der Waals surface area (Å²) < 4.78 is 5.31. The molecule has 1 amide bonds. The Hall–Kier alpha value is -1.92. The third-order valence-electron chi connectivity index (χ3n) is 5.23. The molecule has 1 aromatic carbocycles. The van der Waals surface area contributed by atoms with Gasteiger partial charge in [-0.25, -0.2) is 0 Å². The molecular weight excluding hydrogens is 352 g/mol. The second-order valence-electron chi connectivity index (χ2n) is 7.14. The van der Waals surface area contributed by atoms with Crippen molar-refractivity contribution in [2.24, 2.45) is 0 Å². The number of rotatable bonds is 5. The summed E-state index contributed by atoms with van der Waals surface area (Å²) in [5.41, 5.74) is 0.868.